The lowest BCUT2D eigenvalue weighted by Crippen LogP contribution is -2.42. The number of nitrogens with zero attached hydrogens (tertiary/aromatic N) is 3. The molecule has 0 bridgehead atoms. The first-order valence-electron chi connectivity index (χ1n) is 7.82. The third kappa shape index (κ3) is 5.23. The fourth-order valence-electron chi connectivity index (χ4n) is 2.86. The Hall–Kier alpha value is -1.57. The number of piperidine rings is 1. The number of amides is 1. The maximum absolute atomic E-state index is 12.3. The second-order valence-electron chi connectivity index (χ2n) is 6.15. The van der Waals surface area contributed by atoms with E-state index in [0.717, 1.165) is 18.5 Å². The Morgan fingerprint density at radius 1 is 1.48 bits per heavy atom. The normalized spacial score (nSPS) is 19.8. The monoisotopic (exact) mass is 332 g/mol. The second-order valence-corrected chi connectivity index (χ2v) is 6.15. The molecule has 130 valence electrons. The summed E-state index contributed by atoms with van der Waals surface area (Å²) in [6, 6.07) is 0. The Labute approximate surface area is 133 Å². The van der Waals surface area contributed by atoms with Crippen LogP contribution in [0.3, 0.4) is 0 Å². The van der Waals surface area contributed by atoms with E-state index in [1.54, 1.807) is 11.7 Å². The van der Waals surface area contributed by atoms with Gasteiger partial charge in [0.1, 0.15) is 0 Å². The molecule has 1 saturated heterocycles. The Balaban J connectivity index is 1.79. The molecule has 5 nitrogen and oxygen atoms in total. The van der Waals surface area contributed by atoms with E-state index >= 15 is 0 Å². The van der Waals surface area contributed by atoms with Crippen molar-refractivity contribution >= 4 is 5.91 Å². The van der Waals surface area contributed by atoms with Crippen molar-refractivity contribution in [2.24, 2.45) is 13.0 Å². The van der Waals surface area contributed by atoms with Crippen LogP contribution < -0.4 is 5.32 Å². The van der Waals surface area contributed by atoms with Gasteiger partial charge >= 0.3 is 6.18 Å². The number of hydrogen-bond donors (Lipinski definition) is 1. The van der Waals surface area contributed by atoms with Gasteiger partial charge in [0, 0.05) is 32.4 Å². The summed E-state index contributed by atoms with van der Waals surface area (Å²) >= 11 is 0. The number of carbonyl (C=O) groups is 1. The van der Waals surface area contributed by atoms with Crippen molar-refractivity contribution < 1.29 is 18.0 Å². The van der Waals surface area contributed by atoms with Crippen molar-refractivity contribution in [1.82, 2.24) is 20.0 Å². The lowest BCUT2D eigenvalue weighted by Gasteiger charge is -2.33. The predicted octanol–water partition coefficient (Wildman–Crippen LogP) is 2.12. The lowest BCUT2D eigenvalue weighted by molar-refractivity contribution is -0.138. The summed E-state index contributed by atoms with van der Waals surface area (Å²) in [6.07, 6.45) is -1.57. The summed E-state index contributed by atoms with van der Waals surface area (Å²) in [5, 5.41) is 6.91. The van der Waals surface area contributed by atoms with Crippen LogP contribution in [0, 0.1) is 12.8 Å². The van der Waals surface area contributed by atoms with E-state index < -0.39 is 12.6 Å². The Kier molecular flexibility index (Phi) is 5.67. The first-order chi connectivity index (χ1) is 10.8. The van der Waals surface area contributed by atoms with Crippen molar-refractivity contribution in [3.63, 3.8) is 0 Å². The number of aromatic nitrogens is 2. The molecule has 0 aromatic carbocycles. The SMILES string of the molecule is Cc1c(C(=O)NCC2CCCN(CCC(F)(F)F)C2)cnn1C. The topological polar surface area (TPSA) is 50.2 Å². The molecule has 2 rings (SSSR count). The van der Waals surface area contributed by atoms with Crippen LogP contribution in [0.15, 0.2) is 6.20 Å². The van der Waals surface area contributed by atoms with Gasteiger partial charge in [-0.2, -0.15) is 18.3 Å². The molecule has 1 atom stereocenters. The molecule has 2 heterocycles. The van der Waals surface area contributed by atoms with E-state index in [9.17, 15) is 18.0 Å². The molecule has 1 aliphatic rings. The standard InChI is InChI=1S/C15H23F3N4O/c1-11-13(9-20-21(11)2)14(23)19-8-12-4-3-6-22(10-12)7-5-15(16,17)18/h9,12H,3-8,10H2,1-2H3,(H,19,23). The van der Waals surface area contributed by atoms with Crippen LogP contribution in [0.2, 0.25) is 0 Å². The molecule has 0 aliphatic carbocycles. The van der Waals surface area contributed by atoms with Crippen LogP contribution in [-0.4, -0.2) is 52.9 Å². The molecule has 0 saturated carbocycles. The molecular weight excluding hydrogens is 309 g/mol. The molecular formula is C15H23F3N4O. The van der Waals surface area contributed by atoms with Crippen molar-refractivity contribution in [1.29, 1.82) is 0 Å². The van der Waals surface area contributed by atoms with Crippen molar-refractivity contribution in [3.8, 4) is 0 Å². The maximum atomic E-state index is 12.3. The zero-order chi connectivity index (χ0) is 17.0. The summed E-state index contributed by atoms with van der Waals surface area (Å²) < 4.78 is 38.5. The molecule has 23 heavy (non-hydrogen) atoms. The minimum Gasteiger partial charge on any atom is -0.352 e. The summed E-state index contributed by atoms with van der Waals surface area (Å²) in [4.78, 5) is 14.0. The van der Waals surface area contributed by atoms with Gasteiger partial charge in [-0.15, -0.1) is 0 Å². The molecule has 0 radical (unpaired) electrons. The van der Waals surface area contributed by atoms with E-state index in [0.29, 0.717) is 25.2 Å². The molecule has 1 N–H and O–H groups in total. The van der Waals surface area contributed by atoms with Crippen LogP contribution >= 0.6 is 0 Å². The van der Waals surface area contributed by atoms with Crippen LogP contribution in [0.25, 0.3) is 0 Å². The maximum Gasteiger partial charge on any atom is 0.390 e. The molecule has 1 aromatic rings. The molecule has 1 aliphatic heterocycles. The van der Waals surface area contributed by atoms with Crippen molar-refractivity contribution in [2.45, 2.75) is 32.4 Å². The largest absolute Gasteiger partial charge is 0.390 e. The highest BCUT2D eigenvalue weighted by molar-refractivity contribution is 5.95. The van der Waals surface area contributed by atoms with Gasteiger partial charge in [-0.25, -0.2) is 0 Å². The van der Waals surface area contributed by atoms with Gasteiger partial charge in [-0.05, 0) is 32.2 Å². The Morgan fingerprint density at radius 3 is 2.83 bits per heavy atom. The molecule has 8 heteroatoms. The average molecular weight is 332 g/mol. The number of likely N-dealkylation sites (tertiary alicyclic amines) is 1. The third-order valence-corrected chi connectivity index (χ3v) is 4.35. The molecule has 1 fully saturated rings. The minimum absolute atomic E-state index is 0.0374. The number of halogens is 3. The third-order valence-electron chi connectivity index (χ3n) is 4.35. The van der Waals surface area contributed by atoms with E-state index in [-0.39, 0.29) is 18.4 Å². The van der Waals surface area contributed by atoms with Gasteiger partial charge < -0.3 is 10.2 Å². The Morgan fingerprint density at radius 2 is 2.22 bits per heavy atom. The number of alkyl halides is 3. The van der Waals surface area contributed by atoms with E-state index in [2.05, 4.69) is 10.4 Å². The molecule has 1 aromatic heterocycles. The average Bonchev–Trinajstić information content (AvgIpc) is 2.82. The van der Waals surface area contributed by atoms with Crippen LogP contribution in [0.1, 0.15) is 35.3 Å². The fraction of sp³-hybridized carbons (Fsp3) is 0.733. The fourth-order valence-corrected chi connectivity index (χ4v) is 2.86. The smallest absolute Gasteiger partial charge is 0.352 e. The molecule has 1 amide bonds. The minimum atomic E-state index is -4.11. The van der Waals surface area contributed by atoms with E-state index in [1.165, 1.54) is 6.20 Å². The zero-order valence-electron chi connectivity index (χ0n) is 13.5. The van der Waals surface area contributed by atoms with Crippen LogP contribution in [-0.2, 0) is 7.05 Å². The molecule has 1 unspecified atom stereocenters. The highest BCUT2D eigenvalue weighted by atomic mass is 19.4. The zero-order valence-corrected chi connectivity index (χ0v) is 13.5. The van der Waals surface area contributed by atoms with Gasteiger partial charge in [0.2, 0.25) is 0 Å². The highest BCUT2D eigenvalue weighted by Crippen LogP contribution is 2.22. The lowest BCUT2D eigenvalue weighted by atomic mass is 9.97. The van der Waals surface area contributed by atoms with Gasteiger partial charge in [0.25, 0.3) is 5.91 Å². The quantitative estimate of drug-likeness (QED) is 0.899. The number of nitrogens with one attached hydrogen (secondary N) is 1. The van der Waals surface area contributed by atoms with Crippen molar-refractivity contribution in [2.75, 3.05) is 26.2 Å². The Bertz CT molecular complexity index is 541. The summed E-state index contributed by atoms with van der Waals surface area (Å²) in [7, 11) is 1.77. The van der Waals surface area contributed by atoms with Crippen LogP contribution in [0.5, 0.6) is 0 Å². The number of carbonyl (C=O) groups excluding carboxylic acids is 1. The van der Waals surface area contributed by atoms with E-state index in [4.69, 9.17) is 0 Å². The second kappa shape index (κ2) is 7.33. The highest BCUT2D eigenvalue weighted by Gasteiger charge is 2.29. The first kappa shape index (κ1) is 17.8. The van der Waals surface area contributed by atoms with Gasteiger partial charge in [-0.1, -0.05) is 0 Å². The van der Waals surface area contributed by atoms with Gasteiger partial charge in [-0.3, -0.25) is 9.48 Å². The first-order valence-corrected chi connectivity index (χ1v) is 7.82. The van der Waals surface area contributed by atoms with Gasteiger partial charge in [0.05, 0.1) is 18.2 Å². The number of rotatable bonds is 5. The number of hydrogen-bond acceptors (Lipinski definition) is 3. The number of aryl methyl sites for hydroxylation is 1. The molecule has 0 spiro atoms. The summed E-state index contributed by atoms with van der Waals surface area (Å²) in [6.45, 7) is 3.64. The van der Waals surface area contributed by atoms with Gasteiger partial charge in [0.15, 0.2) is 0 Å². The summed E-state index contributed by atoms with van der Waals surface area (Å²) in [5.41, 5.74) is 1.33. The van der Waals surface area contributed by atoms with Crippen LogP contribution in [0.4, 0.5) is 13.2 Å². The van der Waals surface area contributed by atoms with E-state index in [1.807, 2.05) is 11.8 Å². The summed E-state index contributed by atoms with van der Waals surface area (Å²) in [5.74, 6) is 0.0147. The predicted molar refractivity (Wildman–Crippen MR) is 80.1 cm³/mol. The van der Waals surface area contributed by atoms with Crippen molar-refractivity contribution in [3.05, 3.63) is 17.5 Å².